The van der Waals surface area contributed by atoms with E-state index in [1.807, 2.05) is 4.90 Å². The van der Waals surface area contributed by atoms with E-state index in [4.69, 9.17) is 4.74 Å². The number of hydrogen-bond donors (Lipinski definition) is 1. The van der Waals surface area contributed by atoms with Crippen LogP contribution < -0.4 is 10.2 Å². The molecular formula is C20H20N4O7. The molecule has 1 saturated heterocycles. The molecule has 0 aromatic heterocycles. The van der Waals surface area contributed by atoms with E-state index in [0.717, 1.165) is 25.3 Å². The minimum atomic E-state index is -0.868. The monoisotopic (exact) mass is 428 g/mol. The zero-order chi connectivity index (χ0) is 22.4. The molecule has 0 spiro atoms. The molecule has 11 heteroatoms. The molecule has 3 rings (SSSR count). The summed E-state index contributed by atoms with van der Waals surface area (Å²) in [7, 11) is 0. The highest BCUT2D eigenvalue weighted by Gasteiger charge is 2.23. The molecule has 0 bridgehead atoms. The lowest BCUT2D eigenvalue weighted by Crippen LogP contribution is -2.30. The lowest BCUT2D eigenvalue weighted by molar-refractivity contribution is -0.384. The molecule has 0 aliphatic carbocycles. The molecule has 1 N–H and O–H groups in total. The van der Waals surface area contributed by atoms with Gasteiger partial charge in [0, 0.05) is 37.0 Å². The fourth-order valence-electron chi connectivity index (χ4n) is 3.28. The first-order valence-corrected chi connectivity index (χ1v) is 9.60. The van der Waals surface area contributed by atoms with Crippen LogP contribution in [-0.2, 0) is 9.53 Å². The van der Waals surface area contributed by atoms with Crippen LogP contribution in [0.25, 0.3) is 0 Å². The second-order valence-corrected chi connectivity index (χ2v) is 6.94. The molecular weight excluding hydrogens is 408 g/mol. The summed E-state index contributed by atoms with van der Waals surface area (Å²) in [6.45, 7) is 0.818. The average Bonchev–Trinajstić information content (AvgIpc) is 2.78. The Bertz CT molecular complexity index is 1000. The summed E-state index contributed by atoms with van der Waals surface area (Å²) in [5.74, 6) is -1.52. The van der Waals surface area contributed by atoms with Gasteiger partial charge < -0.3 is 15.0 Å². The van der Waals surface area contributed by atoms with Gasteiger partial charge in [-0.25, -0.2) is 4.79 Å². The first kappa shape index (κ1) is 21.7. The lowest BCUT2D eigenvalue weighted by Gasteiger charge is -2.28. The second kappa shape index (κ2) is 9.65. The first-order chi connectivity index (χ1) is 14.8. The molecule has 0 unspecified atom stereocenters. The summed E-state index contributed by atoms with van der Waals surface area (Å²) in [5, 5.41) is 24.6. The Balaban J connectivity index is 1.61. The molecule has 2 aromatic carbocycles. The molecule has 1 fully saturated rings. The molecule has 1 heterocycles. The van der Waals surface area contributed by atoms with E-state index < -0.39 is 28.3 Å². The molecule has 0 radical (unpaired) electrons. The summed E-state index contributed by atoms with van der Waals surface area (Å²) in [5.41, 5.74) is 0.409. The van der Waals surface area contributed by atoms with Gasteiger partial charge in [-0.1, -0.05) is 0 Å². The minimum Gasteiger partial charge on any atom is -0.452 e. The summed E-state index contributed by atoms with van der Waals surface area (Å²) in [4.78, 5) is 47.2. The predicted octanol–water partition coefficient (Wildman–Crippen LogP) is 3.29. The zero-order valence-corrected chi connectivity index (χ0v) is 16.5. The van der Waals surface area contributed by atoms with Crippen molar-refractivity contribution in [1.82, 2.24) is 0 Å². The normalized spacial score (nSPS) is 13.4. The van der Waals surface area contributed by atoms with Crippen LogP contribution in [0, 0.1) is 20.2 Å². The van der Waals surface area contributed by atoms with E-state index in [2.05, 4.69) is 5.32 Å². The van der Waals surface area contributed by atoms with Crippen LogP contribution in [0.3, 0.4) is 0 Å². The SMILES string of the molecule is O=C(COC(=O)c1ccc(N2CCCCC2)c([N+](=O)[O-])c1)Nc1ccc([N+](=O)[O-])cc1. The number of nitro benzene ring substituents is 2. The summed E-state index contributed by atoms with van der Waals surface area (Å²) in [6, 6.07) is 9.27. The Labute approximate surface area is 176 Å². The van der Waals surface area contributed by atoms with Gasteiger partial charge in [0.15, 0.2) is 6.61 Å². The number of piperidine rings is 1. The number of benzene rings is 2. The van der Waals surface area contributed by atoms with Gasteiger partial charge in [0.2, 0.25) is 0 Å². The van der Waals surface area contributed by atoms with Crippen molar-refractivity contribution in [2.45, 2.75) is 19.3 Å². The summed E-state index contributed by atoms with van der Waals surface area (Å²) >= 11 is 0. The third kappa shape index (κ3) is 5.53. The third-order valence-corrected chi connectivity index (χ3v) is 4.80. The molecule has 0 saturated carbocycles. The fraction of sp³-hybridized carbons (Fsp3) is 0.300. The molecule has 1 aliphatic rings. The van der Waals surface area contributed by atoms with E-state index in [1.165, 1.54) is 36.4 Å². The van der Waals surface area contributed by atoms with Crippen LogP contribution in [0.1, 0.15) is 29.6 Å². The Morgan fingerprint density at radius 1 is 0.968 bits per heavy atom. The van der Waals surface area contributed by atoms with Crippen LogP contribution >= 0.6 is 0 Å². The number of nitrogens with zero attached hydrogens (tertiary/aromatic N) is 3. The number of carbonyl (C=O) groups excluding carboxylic acids is 2. The van der Waals surface area contributed by atoms with E-state index in [0.29, 0.717) is 24.5 Å². The van der Waals surface area contributed by atoms with Crippen molar-refractivity contribution in [3.8, 4) is 0 Å². The van der Waals surface area contributed by atoms with Crippen LogP contribution in [0.2, 0.25) is 0 Å². The van der Waals surface area contributed by atoms with Crippen molar-refractivity contribution in [2.24, 2.45) is 0 Å². The molecule has 1 amide bonds. The lowest BCUT2D eigenvalue weighted by atomic mass is 10.1. The van der Waals surface area contributed by atoms with E-state index in [-0.39, 0.29) is 16.9 Å². The van der Waals surface area contributed by atoms with E-state index in [1.54, 1.807) is 0 Å². The van der Waals surface area contributed by atoms with E-state index >= 15 is 0 Å². The topological polar surface area (TPSA) is 145 Å². The number of nitrogens with one attached hydrogen (secondary N) is 1. The number of ether oxygens (including phenoxy) is 1. The van der Waals surface area contributed by atoms with Gasteiger partial charge in [0.05, 0.1) is 15.4 Å². The number of esters is 1. The van der Waals surface area contributed by atoms with Gasteiger partial charge in [0.1, 0.15) is 5.69 Å². The fourth-order valence-corrected chi connectivity index (χ4v) is 3.28. The Morgan fingerprint density at radius 2 is 1.65 bits per heavy atom. The summed E-state index contributed by atoms with van der Waals surface area (Å²) < 4.78 is 4.95. The van der Waals surface area contributed by atoms with E-state index in [9.17, 15) is 29.8 Å². The van der Waals surface area contributed by atoms with Crippen molar-refractivity contribution < 1.29 is 24.2 Å². The number of carbonyl (C=O) groups is 2. The average molecular weight is 428 g/mol. The number of anilines is 2. The van der Waals surface area contributed by atoms with Gasteiger partial charge in [-0.05, 0) is 43.5 Å². The molecule has 0 atom stereocenters. The predicted molar refractivity (Wildman–Crippen MR) is 111 cm³/mol. The van der Waals surface area contributed by atoms with Crippen molar-refractivity contribution in [2.75, 3.05) is 29.9 Å². The highest BCUT2D eigenvalue weighted by atomic mass is 16.6. The quantitative estimate of drug-likeness (QED) is 0.402. The Morgan fingerprint density at radius 3 is 2.26 bits per heavy atom. The van der Waals surface area contributed by atoms with Crippen molar-refractivity contribution in [1.29, 1.82) is 0 Å². The molecule has 31 heavy (non-hydrogen) atoms. The summed E-state index contributed by atoms with van der Waals surface area (Å²) in [6.07, 6.45) is 2.98. The third-order valence-electron chi connectivity index (χ3n) is 4.80. The highest BCUT2D eigenvalue weighted by Crippen LogP contribution is 2.31. The number of rotatable bonds is 7. The molecule has 2 aromatic rings. The maximum Gasteiger partial charge on any atom is 0.338 e. The van der Waals surface area contributed by atoms with Crippen LogP contribution in [-0.4, -0.2) is 41.4 Å². The van der Waals surface area contributed by atoms with Crippen LogP contribution in [0.4, 0.5) is 22.7 Å². The molecule has 1 aliphatic heterocycles. The van der Waals surface area contributed by atoms with Gasteiger partial charge in [-0.3, -0.25) is 25.0 Å². The van der Waals surface area contributed by atoms with Gasteiger partial charge in [0.25, 0.3) is 17.3 Å². The largest absolute Gasteiger partial charge is 0.452 e. The maximum atomic E-state index is 12.3. The Kier molecular flexibility index (Phi) is 6.75. The zero-order valence-electron chi connectivity index (χ0n) is 16.5. The van der Waals surface area contributed by atoms with Gasteiger partial charge >= 0.3 is 5.97 Å². The van der Waals surface area contributed by atoms with Crippen molar-refractivity contribution in [3.63, 3.8) is 0 Å². The maximum absolute atomic E-state index is 12.3. The standard InChI is InChI=1S/C20H20N4O7/c25-19(21-15-5-7-16(8-6-15)23(27)28)13-31-20(26)14-4-9-17(18(12-14)24(29)30)22-10-2-1-3-11-22/h4-9,12H,1-3,10-11,13H2,(H,21,25). The number of hydrogen-bond acceptors (Lipinski definition) is 8. The number of nitro groups is 2. The smallest absolute Gasteiger partial charge is 0.338 e. The molecule has 11 nitrogen and oxygen atoms in total. The highest BCUT2D eigenvalue weighted by molar-refractivity contribution is 5.96. The van der Waals surface area contributed by atoms with Crippen molar-refractivity contribution >= 4 is 34.6 Å². The number of amides is 1. The van der Waals surface area contributed by atoms with Crippen LogP contribution in [0.5, 0.6) is 0 Å². The van der Waals surface area contributed by atoms with Gasteiger partial charge in [-0.2, -0.15) is 0 Å². The van der Waals surface area contributed by atoms with Gasteiger partial charge in [-0.15, -0.1) is 0 Å². The minimum absolute atomic E-state index is 0.0319. The Hall–Kier alpha value is -4.02. The molecule has 162 valence electrons. The number of non-ortho nitro benzene ring substituents is 1. The van der Waals surface area contributed by atoms with Crippen LogP contribution in [0.15, 0.2) is 42.5 Å². The van der Waals surface area contributed by atoms with Crippen molar-refractivity contribution in [3.05, 3.63) is 68.3 Å². The first-order valence-electron chi connectivity index (χ1n) is 9.60. The second-order valence-electron chi connectivity index (χ2n) is 6.94.